The molecule has 13 heteroatoms. The first-order chi connectivity index (χ1) is 17.1. The topological polar surface area (TPSA) is 149 Å². The van der Waals surface area contributed by atoms with Gasteiger partial charge < -0.3 is 14.2 Å². The van der Waals surface area contributed by atoms with Crippen molar-refractivity contribution >= 4 is 72.0 Å². The minimum absolute atomic E-state index is 0.00332. The van der Waals surface area contributed by atoms with E-state index < -0.39 is 20.9 Å². The predicted octanol–water partition coefficient (Wildman–Crippen LogP) is 5.28. The van der Waals surface area contributed by atoms with Crippen LogP contribution in [0.25, 0.3) is 6.08 Å². The molecular formula is C23H15BrIN3O7S. The molecule has 0 saturated heterocycles. The highest BCUT2D eigenvalue weighted by atomic mass is 127. The number of nitrogens with one attached hydrogen (secondary N) is 1. The number of ether oxygens (including phenoxy) is 1. The number of nitro groups is 1. The molecule has 0 aromatic heterocycles. The molecule has 0 unspecified atom stereocenters. The monoisotopic (exact) mass is 683 g/mol. The van der Waals surface area contributed by atoms with E-state index in [1.165, 1.54) is 25.3 Å². The van der Waals surface area contributed by atoms with Crippen LogP contribution in [0.15, 0.2) is 75.6 Å². The Hall–Kier alpha value is -3.48. The standard InChI is InChI=1S/C23H15BrIN3O7S/c1-34-21-12-14(10-15(13-26)23(29)27-20-5-3-2-4-19(20)25)11-18(24)22(21)35-36(32,33)17-8-6-16(7-9-17)28(30)31/h2-12H,1H3,(H,27,29)/b15-10-. The van der Waals surface area contributed by atoms with E-state index in [1.54, 1.807) is 18.2 Å². The van der Waals surface area contributed by atoms with Gasteiger partial charge >= 0.3 is 10.1 Å². The zero-order valence-electron chi connectivity index (χ0n) is 18.3. The van der Waals surface area contributed by atoms with Gasteiger partial charge in [-0.25, -0.2) is 0 Å². The van der Waals surface area contributed by atoms with Gasteiger partial charge in [0.15, 0.2) is 11.5 Å². The van der Waals surface area contributed by atoms with Crippen molar-refractivity contribution in [2.24, 2.45) is 0 Å². The third-order valence-corrected chi connectivity index (χ3v) is 7.34. The predicted molar refractivity (Wildman–Crippen MR) is 143 cm³/mol. The number of nitro benzene ring substituents is 1. The Kier molecular flexibility index (Phi) is 8.66. The molecule has 3 rings (SSSR count). The summed E-state index contributed by atoms with van der Waals surface area (Å²) in [6, 6.07) is 15.9. The molecule has 0 spiro atoms. The van der Waals surface area contributed by atoms with Crippen LogP contribution in [0.1, 0.15) is 5.56 Å². The van der Waals surface area contributed by atoms with Crippen molar-refractivity contribution in [2.75, 3.05) is 12.4 Å². The van der Waals surface area contributed by atoms with Crippen molar-refractivity contribution in [2.45, 2.75) is 4.90 Å². The molecule has 0 saturated carbocycles. The van der Waals surface area contributed by atoms with E-state index >= 15 is 0 Å². The zero-order chi connectivity index (χ0) is 26.5. The maximum atomic E-state index is 12.7. The van der Waals surface area contributed by atoms with Crippen LogP contribution in [-0.2, 0) is 14.9 Å². The molecule has 3 aromatic rings. The Balaban J connectivity index is 1.91. The third-order valence-electron chi connectivity index (χ3n) is 4.58. The van der Waals surface area contributed by atoms with Crippen LogP contribution in [-0.4, -0.2) is 26.4 Å². The fourth-order valence-electron chi connectivity index (χ4n) is 2.86. The van der Waals surface area contributed by atoms with E-state index in [9.17, 15) is 28.6 Å². The fourth-order valence-corrected chi connectivity index (χ4v) is 4.99. The number of carbonyl (C=O) groups excluding carboxylic acids is 1. The molecule has 0 aliphatic rings. The van der Waals surface area contributed by atoms with Gasteiger partial charge in [0.2, 0.25) is 0 Å². The smallest absolute Gasteiger partial charge is 0.339 e. The van der Waals surface area contributed by atoms with Crippen molar-refractivity contribution < 1.29 is 27.1 Å². The van der Waals surface area contributed by atoms with E-state index in [2.05, 4.69) is 43.8 Å². The lowest BCUT2D eigenvalue weighted by atomic mass is 10.1. The van der Waals surface area contributed by atoms with Crippen LogP contribution in [0.5, 0.6) is 11.5 Å². The number of rotatable bonds is 8. The number of non-ortho nitro benzene ring substituents is 1. The summed E-state index contributed by atoms with van der Waals surface area (Å²) in [5.74, 6) is -0.816. The lowest BCUT2D eigenvalue weighted by Gasteiger charge is -2.13. The summed E-state index contributed by atoms with van der Waals surface area (Å²) in [5, 5.41) is 23.0. The number of nitriles is 1. The summed E-state index contributed by atoms with van der Waals surface area (Å²) in [7, 11) is -3.08. The zero-order valence-corrected chi connectivity index (χ0v) is 22.8. The number of amides is 1. The number of benzene rings is 3. The molecule has 3 aromatic carbocycles. The van der Waals surface area contributed by atoms with E-state index in [4.69, 9.17) is 8.92 Å². The van der Waals surface area contributed by atoms with Gasteiger partial charge in [-0.15, -0.1) is 0 Å². The number of hydrogen-bond donors (Lipinski definition) is 1. The lowest BCUT2D eigenvalue weighted by molar-refractivity contribution is -0.384. The van der Waals surface area contributed by atoms with Gasteiger partial charge in [0, 0.05) is 15.7 Å². The normalized spacial score (nSPS) is 11.3. The highest BCUT2D eigenvalue weighted by Crippen LogP contribution is 2.39. The average molecular weight is 684 g/mol. The molecule has 0 heterocycles. The third kappa shape index (κ3) is 6.39. The summed E-state index contributed by atoms with van der Waals surface area (Å²) in [5.41, 5.74) is 0.426. The molecule has 36 heavy (non-hydrogen) atoms. The Labute approximate surface area is 228 Å². The first kappa shape index (κ1) is 27.1. The quantitative estimate of drug-likeness (QED) is 0.0842. The summed E-state index contributed by atoms with van der Waals surface area (Å²) in [6.07, 6.45) is 1.31. The summed E-state index contributed by atoms with van der Waals surface area (Å²) < 4.78 is 36.9. The Morgan fingerprint density at radius 3 is 2.44 bits per heavy atom. The molecule has 0 radical (unpaired) electrons. The fraction of sp³-hybridized carbons (Fsp3) is 0.0435. The number of nitrogens with zero attached hydrogens (tertiary/aromatic N) is 2. The maximum Gasteiger partial charge on any atom is 0.339 e. The molecule has 0 atom stereocenters. The van der Waals surface area contributed by atoms with Gasteiger partial charge in [-0.2, -0.15) is 13.7 Å². The van der Waals surface area contributed by atoms with E-state index in [1.807, 2.05) is 12.1 Å². The molecule has 0 fully saturated rings. The van der Waals surface area contributed by atoms with E-state index in [0.717, 1.165) is 27.8 Å². The van der Waals surface area contributed by atoms with Gasteiger partial charge in [-0.05, 0) is 86.6 Å². The summed E-state index contributed by atoms with van der Waals surface area (Å²) in [6.45, 7) is 0. The van der Waals surface area contributed by atoms with Crippen LogP contribution < -0.4 is 14.2 Å². The summed E-state index contributed by atoms with van der Waals surface area (Å²) in [4.78, 5) is 22.5. The largest absolute Gasteiger partial charge is 0.493 e. The number of hydrogen-bond acceptors (Lipinski definition) is 8. The van der Waals surface area contributed by atoms with Crippen molar-refractivity contribution in [3.8, 4) is 17.6 Å². The summed E-state index contributed by atoms with van der Waals surface area (Å²) >= 11 is 5.29. The van der Waals surface area contributed by atoms with Gasteiger partial charge in [-0.3, -0.25) is 14.9 Å². The van der Waals surface area contributed by atoms with Gasteiger partial charge in [0.1, 0.15) is 16.5 Å². The number of methoxy groups -OCH3 is 1. The van der Waals surface area contributed by atoms with Crippen molar-refractivity contribution in [1.82, 2.24) is 0 Å². The molecule has 1 N–H and O–H groups in total. The molecule has 184 valence electrons. The number of para-hydroxylation sites is 1. The Morgan fingerprint density at radius 2 is 1.86 bits per heavy atom. The molecule has 0 aliphatic heterocycles. The van der Waals surface area contributed by atoms with Crippen LogP contribution in [0.3, 0.4) is 0 Å². The molecule has 0 aliphatic carbocycles. The van der Waals surface area contributed by atoms with Crippen molar-refractivity contribution in [1.29, 1.82) is 5.26 Å². The van der Waals surface area contributed by atoms with E-state index in [-0.39, 0.29) is 32.1 Å². The first-order valence-corrected chi connectivity index (χ1v) is 13.1. The number of anilines is 1. The van der Waals surface area contributed by atoms with Crippen LogP contribution in [0, 0.1) is 25.0 Å². The average Bonchev–Trinajstić information content (AvgIpc) is 2.85. The second-order valence-electron chi connectivity index (χ2n) is 6.93. The number of halogens is 2. The van der Waals surface area contributed by atoms with Gasteiger partial charge in [0.25, 0.3) is 11.6 Å². The van der Waals surface area contributed by atoms with Crippen molar-refractivity contribution in [3.05, 3.63) is 90.0 Å². The van der Waals surface area contributed by atoms with Crippen LogP contribution in [0.4, 0.5) is 11.4 Å². The lowest BCUT2D eigenvalue weighted by Crippen LogP contribution is -2.14. The van der Waals surface area contributed by atoms with Gasteiger partial charge in [0.05, 0.1) is 22.2 Å². The highest BCUT2D eigenvalue weighted by Gasteiger charge is 2.23. The first-order valence-electron chi connectivity index (χ1n) is 9.80. The highest BCUT2D eigenvalue weighted by molar-refractivity contribution is 14.1. The Bertz CT molecular complexity index is 1520. The minimum Gasteiger partial charge on any atom is -0.493 e. The van der Waals surface area contributed by atoms with Crippen LogP contribution in [0.2, 0.25) is 0 Å². The SMILES string of the molecule is COc1cc(/C=C(/C#N)C(=O)Nc2ccccc2I)cc(Br)c1OS(=O)(=O)c1ccc([N+](=O)[O-])cc1. The number of carbonyl (C=O) groups is 1. The molecule has 0 bridgehead atoms. The molecule has 10 nitrogen and oxygen atoms in total. The van der Waals surface area contributed by atoms with Crippen LogP contribution >= 0.6 is 38.5 Å². The molecular weight excluding hydrogens is 669 g/mol. The van der Waals surface area contributed by atoms with Crippen molar-refractivity contribution in [3.63, 3.8) is 0 Å². The van der Waals surface area contributed by atoms with Gasteiger partial charge in [-0.1, -0.05) is 12.1 Å². The van der Waals surface area contributed by atoms with E-state index in [0.29, 0.717) is 11.3 Å². The second-order valence-corrected chi connectivity index (χ2v) is 10.5. The Morgan fingerprint density at radius 1 is 1.19 bits per heavy atom. The minimum atomic E-state index is -4.37. The molecule has 1 amide bonds. The second kappa shape index (κ2) is 11.5. The maximum absolute atomic E-state index is 12.7.